The number of hydrogen-bond acceptors (Lipinski definition) is 5. The molecule has 1 aromatic rings. The Morgan fingerprint density at radius 2 is 1.92 bits per heavy atom. The van der Waals surface area contributed by atoms with Crippen molar-refractivity contribution in [2.75, 3.05) is 40.0 Å². The molecular weight excluding hydrogens is 328 g/mol. The number of benzene rings is 1. The molecule has 0 amide bonds. The zero-order valence-corrected chi connectivity index (χ0v) is 15.9. The average molecular weight is 356 g/mol. The first-order valence-corrected chi connectivity index (χ1v) is 9.69. The van der Waals surface area contributed by atoms with Crippen LogP contribution in [-0.2, 0) is 16.6 Å². The van der Waals surface area contributed by atoms with Crippen LogP contribution in [0.2, 0.25) is 0 Å². The van der Waals surface area contributed by atoms with E-state index < -0.39 is 16.1 Å². The fourth-order valence-electron chi connectivity index (χ4n) is 3.13. The Balaban J connectivity index is 2.07. The maximum Gasteiger partial charge on any atom is 0.214 e. The van der Waals surface area contributed by atoms with E-state index in [0.29, 0.717) is 19.6 Å². The molecular formula is C17H28N2O4S. The van der Waals surface area contributed by atoms with Gasteiger partial charge in [0.1, 0.15) is 5.75 Å². The van der Waals surface area contributed by atoms with Crippen molar-refractivity contribution >= 4 is 10.0 Å². The normalized spacial score (nSPS) is 22.3. The summed E-state index contributed by atoms with van der Waals surface area (Å²) in [6.07, 6.45) is -0.612. The summed E-state index contributed by atoms with van der Waals surface area (Å²) >= 11 is 0. The molecule has 0 spiro atoms. The predicted molar refractivity (Wildman–Crippen MR) is 94.7 cm³/mol. The summed E-state index contributed by atoms with van der Waals surface area (Å²) in [4.78, 5) is 2.12. The summed E-state index contributed by atoms with van der Waals surface area (Å²) in [5.41, 5.74) is 3.39. The lowest BCUT2D eigenvalue weighted by Crippen LogP contribution is -2.33. The molecule has 0 saturated carbocycles. The van der Waals surface area contributed by atoms with E-state index >= 15 is 0 Å². The number of likely N-dealkylation sites (tertiary alicyclic amines) is 1. The van der Waals surface area contributed by atoms with Crippen molar-refractivity contribution in [3.63, 3.8) is 0 Å². The second-order valence-electron chi connectivity index (χ2n) is 6.83. The molecule has 1 aliphatic heterocycles. The second kappa shape index (κ2) is 7.39. The summed E-state index contributed by atoms with van der Waals surface area (Å²) in [7, 11) is 1.41. The number of aliphatic hydroxyl groups excluding tert-OH is 1. The van der Waals surface area contributed by atoms with Gasteiger partial charge in [-0.3, -0.25) is 4.90 Å². The quantitative estimate of drug-likeness (QED) is 0.823. The summed E-state index contributed by atoms with van der Waals surface area (Å²) in [6.45, 7) is 5.83. The van der Waals surface area contributed by atoms with Gasteiger partial charge in [0, 0.05) is 39.6 Å². The smallest absolute Gasteiger partial charge is 0.214 e. The zero-order valence-electron chi connectivity index (χ0n) is 15.1. The molecule has 2 rings (SSSR count). The largest absolute Gasteiger partial charge is 0.496 e. The van der Waals surface area contributed by atoms with Crippen LogP contribution >= 0.6 is 0 Å². The molecule has 24 heavy (non-hydrogen) atoms. The Morgan fingerprint density at radius 1 is 1.25 bits per heavy atom. The van der Waals surface area contributed by atoms with Gasteiger partial charge in [0.15, 0.2) is 0 Å². The van der Waals surface area contributed by atoms with Crippen molar-refractivity contribution in [2.24, 2.45) is 5.92 Å². The number of nitrogens with zero attached hydrogens (tertiary/aromatic N) is 2. The Hall–Kier alpha value is -1.15. The molecule has 0 unspecified atom stereocenters. The van der Waals surface area contributed by atoms with Gasteiger partial charge in [0.05, 0.1) is 19.0 Å². The van der Waals surface area contributed by atoms with Crippen molar-refractivity contribution in [2.45, 2.75) is 26.5 Å². The van der Waals surface area contributed by atoms with Crippen LogP contribution < -0.4 is 4.74 Å². The Morgan fingerprint density at radius 3 is 2.50 bits per heavy atom. The minimum atomic E-state index is -3.30. The highest BCUT2D eigenvalue weighted by molar-refractivity contribution is 7.89. The van der Waals surface area contributed by atoms with Gasteiger partial charge in [0.25, 0.3) is 0 Å². The molecule has 7 heteroatoms. The lowest BCUT2D eigenvalue weighted by molar-refractivity contribution is 0.148. The Bertz CT molecular complexity index is 688. The number of methoxy groups -OCH3 is 1. The zero-order chi connectivity index (χ0) is 18.1. The number of rotatable bonds is 6. The number of hydrogen-bond donors (Lipinski definition) is 1. The fraction of sp³-hybridized carbons (Fsp3) is 0.647. The Kier molecular flexibility index (Phi) is 5.91. The van der Waals surface area contributed by atoms with Crippen LogP contribution in [0, 0.1) is 19.8 Å². The predicted octanol–water partition coefficient (Wildman–Crippen LogP) is 0.996. The monoisotopic (exact) mass is 356 g/mol. The van der Waals surface area contributed by atoms with Crippen molar-refractivity contribution < 1.29 is 18.3 Å². The highest BCUT2D eigenvalue weighted by Gasteiger charge is 2.35. The minimum absolute atomic E-state index is 0.0156. The van der Waals surface area contributed by atoms with Gasteiger partial charge in [-0.2, -0.15) is 0 Å². The molecule has 2 atom stereocenters. The van der Waals surface area contributed by atoms with E-state index in [1.165, 1.54) is 24.0 Å². The molecule has 0 bridgehead atoms. The maximum atomic E-state index is 12.0. The van der Waals surface area contributed by atoms with E-state index in [2.05, 4.69) is 11.0 Å². The number of sulfonamides is 1. The van der Waals surface area contributed by atoms with Gasteiger partial charge >= 0.3 is 0 Å². The number of ether oxygens (including phenoxy) is 1. The average Bonchev–Trinajstić information content (AvgIpc) is 2.81. The van der Waals surface area contributed by atoms with Crippen LogP contribution in [0.3, 0.4) is 0 Å². The maximum absolute atomic E-state index is 12.0. The fourth-order valence-corrected chi connectivity index (χ4v) is 4.30. The van der Waals surface area contributed by atoms with Crippen LogP contribution in [0.5, 0.6) is 5.75 Å². The summed E-state index contributed by atoms with van der Waals surface area (Å²) in [5, 5.41) is 10.2. The summed E-state index contributed by atoms with van der Waals surface area (Å²) in [6, 6.07) is 4.12. The molecule has 0 aliphatic carbocycles. The molecule has 0 radical (unpaired) electrons. The SMILES string of the molecule is COc1cc(C)c(CN2C[C@@H](CS(=O)(=O)N(C)C)[C@@H](O)C2)cc1C. The first-order valence-electron chi connectivity index (χ1n) is 8.08. The highest BCUT2D eigenvalue weighted by atomic mass is 32.2. The van der Waals surface area contributed by atoms with Crippen LogP contribution in [0.1, 0.15) is 16.7 Å². The molecule has 1 heterocycles. The summed E-state index contributed by atoms with van der Waals surface area (Å²) in [5.74, 6) is 0.600. The first-order chi connectivity index (χ1) is 11.1. The van der Waals surface area contributed by atoms with E-state index in [9.17, 15) is 13.5 Å². The highest BCUT2D eigenvalue weighted by Crippen LogP contribution is 2.26. The molecule has 1 N–H and O–H groups in total. The molecule has 1 aromatic carbocycles. The Labute approximate surface area is 145 Å². The standard InChI is InChI=1S/C17H28N2O4S/c1-12-7-17(23-5)13(2)6-14(12)8-19-9-15(16(20)10-19)11-24(21,22)18(3)4/h6-7,15-16,20H,8-11H2,1-5H3/t15-,16-/m0/s1. The molecule has 1 saturated heterocycles. The first kappa shape index (κ1) is 19.2. The van der Waals surface area contributed by atoms with E-state index in [4.69, 9.17) is 4.74 Å². The van der Waals surface area contributed by atoms with Gasteiger partial charge < -0.3 is 9.84 Å². The van der Waals surface area contributed by atoms with Crippen LogP contribution in [0.4, 0.5) is 0 Å². The molecule has 6 nitrogen and oxygen atoms in total. The number of aryl methyl sites for hydroxylation is 2. The topological polar surface area (TPSA) is 70.1 Å². The third-order valence-corrected chi connectivity index (χ3v) is 6.67. The van der Waals surface area contributed by atoms with E-state index in [1.54, 1.807) is 7.11 Å². The molecule has 0 aromatic heterocycles. The van der Waals surface area contributed by atoms with E-state index in [1.807, 2.05) is 19.9 Å². The lowest BCUT2D eigenvalue weighted by Gasteiger charge is -2.19. The minimum Gasteiger partial charge on any atom is -0.496 e. The molecule has 1 aliphatic rings. The van der Waals surface area contributed by atoms with Crippen LogP contribution in [-0.4, -0.2) is 68.9 Å². The van der Waals surface area contributed by atoms with Crippen LogP contribution in [0.25, 0.3) is 0 Å². The second-order valence-corrected chi connectivity index (χ2v) is 9.06. The van der Waals surface area contributed by atoms with E-state index in [0.717, 1.165) is 16.9 Å². The number of aliphatic hydroxyl groups is 1. The molecule has 136 valence electrons. The number of β-amino-alcohol motifs (C(OH)–C–C–N with tert-alkyl or cyclic N) is 1. The van der Waals surface area contributed by atoms with Crippen molar-refractivity contribution in [1.82, 2.24) is 9.21 Å². The lowest BCUT2D eigenvalue weighted by atomic mass is 10.0. The summed E-state index contributed by atoms with van der Waals surface area (Å²) < 4.78 is 30.7. The van der Waals surface area contributed by atoms with Gasteiger partial charge in [-0.25, -0.2) is 12.7 Å². The van der Waals surface area contributed by atoms with Gasteiger partial charge in [0.2, 0.25) is 10.0 Å². The van der Waals surface area contributed by atoms with Gasteiger partial charge in [-0.15, -0.1) is 0 Å². The third-order valence-electron chi connectivity index (χ3n) is 4.71. The van der Waals surface area contributed by atoms with Gasteiger partial charge in [-0.05, 0) is 36.6 Å². The molecule has 1 fully saturated rings. The third kappa shape index (κ3) is 4.27. The van der Waals surface area contributed by atoms with E-state index in [-0.39, 0.29) is 11.7 Å². The van der Waals surface area contributed by atoms with Crippen LogP contribution in [0.15, 0.2) is 12.1 Å². The van der Waals surface area contributed by atoms with Crippen molar-refractivity contribution in [1.29, 1.82) is 0 Å². The van der Waals surface area contributed by atoms with Crippen molar-refractivity contribution in [3.8, 4) is 5.75 Å². The van der Waals surface area contributed by atoms with Gasteiger partial charge in [-0.1, -0.05) is 6.07 Å². The van der Waals surface area contributed by atoms with Crippen molar-refractivity contribution in [3.05, 3.63) is 28.8 Å².